The van der Waals surface area contributed by atoms with E-state index in [2.05, 4.69) is 5.32 Å². The van der Waals surface area contributed by atoms with Gasteiger partial charge in [-0.05, 0) is 18.4 Å². The van der Waals surface area contributed by atoms with Gasteiger partial charge in [0.15, 0.2) is 11.5 Å². The van der Waals surface area contributed by atoms with E-state index in [1.54, 1.807) is 13.2 Å². The van der Waals surface area contributed by atoms with Crippen molar-refractivity contribution in [3.8, 4) is 17.2 Å². The molecule has 0 saturated carbocycles. The SMILES string of the molecule is COc1cc2c(cc1CNC(=O)C[C@@H]1CCOC1)OCCO2. The van der Waals surface area contributed by atoms with Crippen LogP contribution in [0.15, 0.2) is 12.1 Å². The zero-order valence-corrected chi connectivity index (χ0v) is 12.7. The molecule has 1 atom stereocenters. The highest BCUT2D eigenvalue weighted by Crippen LogP contribution is 2.36. The van der Waals surface area contributed by atoms with Crippen LogP contribution in [0.25, 0.3) is 0 Å². The number of carbonyl (C=O) groups excluding carboxylic acids is 1. The van der Waals surface area contributed by atoms with Crippen molar-refractivity contribution in [1.29, 1.82) is 0 Å². The molecule has 6 nitrogen and oxygen atoms in total. The second-order valence-electron chi connectivity index (χ2n) is 5.52. The first kappa shape index (κ1) is 15.0. The maximum Gasteiger partial charge on any atom is 0.220 e. The van der Waals surface area contributed by atoms with Gasteiger partial charge >= 0.3 is 0 Å². The Morgan fingerprint density at radius 3 is 2.73 bits per heavy atom. The van der Waals surface area contributed by atoms with Crippen molar-refractivity contribution >= 4 is 5.91 Å². The first-order chi connectivity index (χ1) is 10.8. The maximum atomic E-state index is 12.0. The highest BCUT2D eigenvalue weighted by molar-refractivity contribution is 5.76. The second-order valence-corrected chi connectivity index (χ2v) is 5.52. The van der Waals surface area contributed by atoms with Gasteiger partial charge in [0.1, 0.15) is 19.0 Å². The van der Waals surface area contributed by atoms with Crippen molar-refractivity contribution in [2.45, 2.75) is 19.4 Å². The topological polar surface area (TPSA) is 66.0 Å². The third-order valence-electron chi connectivity index (χ3n) is 3.92. The normalized spacial score (nSPS) is 19.8. The summed E-state index contributed by atoms with van der Waals surface area (Å²) in [4.78, 5) is 12.0. The zero-order valence-electron chi connectivity index (χ0n) is 12.7. The van der Waals surface area contributed by atoms with Gasteiger partial charge in [0.25, 0.3) is 0 Å². The molecule has 0 aromatic heterocycles. The van der Waals surface area contributed by atoms with E-state index in [0.717, 1.165) is 18.6 Å². The van der Waals surface area contributed by atoms with E-state index in [9.17, 15) is 4.79 Å². The number of amides is 1. The van der Waals surface area contributed by atoms with Crippen LogP contribution in [0, 0.1) is 5.92 Å². The molecule has 2 aliphatic heterocycles. The predicted molar refractivity (Wildman–Crippen MR) is 79.4 cm³/mol. The molecule has 1 N–H and O–H groups in total. The molecule has 0 bridgehead atoms. The van der Waals surface area contributed by atoms with Crippen molar-refractivity contribution < 1.29 is 23.7 Å². The summed E-state index contributed by atoms with van der Waals surface area (Å²) in [5.74, 6) is 2.44. The van der Waals surface area contributed by atoms with E-state index >= 15 is 0 Å². The van der Waals surface area contributed by atoms with Crippen molar-refractivity contribution in [2.75, 3.05) is 33.5 Å². The molecule has 0 radical (unpaired) electrons. The highest BCUT2D eigenvalue weighted by Gasteiger charge is 2.20. The van der Waals surface area contributed by atoms with Gasteiger partial charge in [0, 0.05) is 37.8 Å². The maximum absolute atomic E-state index is 12.0. The minimum atomic E-state index is 0.0347. The molecule has 3 rings (SSSR count). The summed E-state index contributed by atoms with van der Waals surface area (Å²) in [6, 6.07) is 3.67. The summed E-state index contributed by atoms with van der Waals surface area (Å²) in [6.07, 6.45) is 1.47. The molecule has 6 heteroatoms. The smallest absolute Gasteiger partial charge is 0.220 e. The van der Waals surface area contributed by atoms with Crippen LogP contribution >= 0.6 is 0 Å². The van der Waals surface area contributed by atoms with Gasteiger partial charge in [-0.3, -0.25) is 4.79 Å². The standard InChI is InChI=1S/C16H21NO5/c1-19-13-8-15-14(21-4-5-22-15)7-12(13)9-17-16(18)6-11-2-3-20-10-11/h7-8,11H,2-6,9-10H2,1H3,(H,17,18)/t11-/m0/s1. The summed E-state index contributed by atoms with van der Waals surface area (Å²) in [7, 11) is 1.60. The lowest BCUT2D eigenvalue weighted by Crippen LogP contribution is -2.25. The van der Waals surface area contributed by atoms with E-state index < -0.39 is 0 Å². The molecule has 0 unspecified atom stereocenters. The minimum absolute atomic E-state index is 0.0347. The predicted octanol–water partition coefficient (Wildman–Crippen LogP) is 1.51. The summed E-state index contributed by atoms with van der Waals surface area (Å²) < 4.78 is 21.8. The van der Waals surface area contributed by atoms with E-state index in [4.69, 9.17) is 18.9 Å². The average Bonchev–Trinajstić information content (AvgIpc) is 3.04. The molecule has 22 heavy (non-hydrogen) atoms. The summed E-state index contributed by atoms with van der Waals surface area (Å²) in [5, 5.41) is 2.94. The molecular weight excluding hydrogens is 286 g/mol. The number of methoxy groups -OCH3 is 1. The lowest BCUT2D eigenvalue weighted by Gasteiger charge is -2.21. The first-order valence-corrected chi connectivity index (χ1v) is 7.57. The number of benzene rings is 1. The Morgan fingerprint density at radius 1 is 1.27 bits per heavy atom. The van der Waals surface area contributed by atoms with E-state index in [1.807, 2.05) is 6.07 Å². The molecule has 1 saturated heterocycles. The molecule has 1 aromatic carbocycles. The van der Waals surface area contributed by atoms with Gasteiger partial charge in [-0.15, -0.1) is 0 Å². The number of carbonyl (C=O) groups is 1. The van der Waals surface area contributed by atoms with Crippen molar-refractivity contribution in [3.05, 3.63) is 17.7 Å². The molecule has 120 valence electrons. The van der Waals surface area contributed by atoms with Crippen molar-refractivity contribution in [1.82, 2.24) is 5.32 Å². The second kappa shape index (κ2) is 6.87. The molecule has 2 heterocycles. The lowest BCUT2D eigenvalue weighted by molar-refractivity contribution is -0.122. The Kier molecular flexibility index (Phi) is 4.68. The van der Waals surface area contributed by atoms with Crippen LogP contribution < -0.4 is 19.5 Å². The molecule has 1 amide bonds. The van der Waals surface area contributed by atoms with Crippen LogP contribution in [0.3, 0.4) is 0 Å². The van der Waals surface area contributed by atoms with Crippen LogP contribution in [0.1, 0.15) is 18.4 Å². The quantitative estimate of drug-likeness (QED) is 0.893. The Hall–Kier alpha value is -1.95. The summed E-state index contributed by atoms with van der Waals surface area (Å²) in [6.45, 7) is 2.92. The third kappa shape index (κ3) is 3.44. The molecule has 1 aromatic rings. The van der Waals surface area contributed by atoms with Crippen LogP contribution in [-0.4, -0.2) is 39.4 Å². The van der Waals surface area contributed by atoms with E-state index in [1.165, 1.54) is 0 Å². The number of ether oxygens (including phenoxy) is 4. The Balaban J connectivity index is 1.62. The minimum Gasteiger partial charge on any atom is -0.496 e. The zero-order chi connectivity index (χ0) is 15.4. The number of fused-ring (bicyclic) bond motifs is 1. The lowest BCUT2D eigenvalue weighted by atomic mass is 10.0. The Bertz CT molecular complexity index is 540. The fraction of sp³-hybridized carbons (Fsp3) is 0.562. The monoisotopic (exact) mass is 307 g/mol. The van der Waals surface area contributed by atoms with Crippen LogP contribution in [0.4, 0.5) is 0 Å². The van der Waals surface area contributed by atoms with Gasteiger partial charge in [-0.1, -0.05) is 0 Å². The molecule has 1 fully saturated rings. The van der Waals surface area contributed by atoms with E-state index in [-0.39, 0.29) is 5.91 Å². The van der Waals surface area contributed by atoms with Crippen molar-refractivity contribution in [2.24, 2.45) is 5.92 Å². The number of hydrogen-bond acceptors (Lipinski definition) is 5. The van der Waals surface area contributed by atoms with Gasteiger partial charge in [0.05, 0.1) is 7.11 Å². The van der Waals surface area contributed by atoms with Gasteiger partial charge in [-0.2, -0.15) is 0 Å². The summed E-state index contributed by atoms with van der Waals surface area (Å²) >= 11 is 0. The number of rotatable bonds is 5. The van der Waals surface area contributed by atoms with Crippen LogP contribution in [0.5, 0.6) is 17.2 Å². The number of hydrogen-bond donors (Lipinski definition) is 1. The molecule has 0 aliphatic carbocycles. The molecule has 2 aliphatic rings. The average molecular weight is 307 g/mol. The summed E-state index contributed by atoms with van der Waals surface area (Å²) in [5.41, 5.74) is 0.878. The van der Waals surface area contributed by atoms with Crippen LogP contribution in [-0.2, 0) is 16.1 Å². The van der Waals surface area contributed by atoms with Crippen molar-refractivity contribution in [3.63, 3.8) is 0 Å². The Morgan fingerprint density at radius 2 is 2.05 bits per heavy atom. The first-order valence-electron chi connectivity index (χ1n) is 7.57. The highest BCUT2D eigenvalue weighted by atomic mass is 16.6. The van der Waals surface area contributed by atoms with Crippen LogP contribution in [0.2, 0.25) is 0 Å². The van der Waals surface area contributed by atoms with Gasteiger partial charge < -0.3 is 24.3 Å². The fourth-order valence-corrected chi connectivity index (χ4v) is 2.71. The van der Waals surface area contributed by atoms with E-state index in [0.29, 0.717) is 56.0 Å². The molecule has 0 spiro atoms. The molecular formula is C16H21NO5. The largest absolute Gasteiger partial charge is 0.496 e. The van der Waals surface area contributed by atoms with Gasteiger partial charge in [-0.25, -0.2) is 0 Å². The van der Waals surface area contributed by atoms with Gasteiger partial charge in [0.2, 0.25) is 5.91 Å². The third-order valence-corrected chi connectivity index (χ3v) is 3.92. The fourth-order valence-electron chi connectivity index (χ4n) is 2.71. The Labute approximate surface area is 129 Å². The number of nitrogens with one attached hydrogen (secondary N) is 1.